The Bertz CT molecular complexity index is 1510. The van der Waals surface area contributed by atoms with Crippen molar-refractivity contribution in [1.82, 2.24) is 18.8 Å². The Morgan fingerprint density at radius 3 is 2.48 bits per heavy atom. The zero-order valence-electron chi connectivity index (χ0n) is 15.9. The predicted octanol–water partition coefficient (Wildman–Crippen LogP) is 4.73. The molecule has 0 saturated heterocycles. The lowest BCUT2D eigenvalue weighted by atomic mass is 10.1. The van der Waals surface area contributed by atoms with Crippen LogP contribution in [-0.4, -0.2) is 26.8 Å². The Morgan fingerprint density at radius 1 is 0.889 bits per heavy atom. The summed E-state index contributed by atoms with van der Waals surface area (Å²) in [5.74, 6) is 0. The molecule has 0 aliphatic heterocycles. The number of hydrogen-bond acceptors (Lipinski definition) is 2. The van der Waals surface area contributed by atoms with E-state index in [2.05, 4.69) is 71.8 Å². The monoisotopic (exact) mass is 368 g/mol. The average Bonchev–Trinajstić information content (AvgIpc) is 3.17. The van der Waals surface area contributed by atoms with E-state index in [1.165, 1.54) is 43.7 Å². The van der Waals surface area contributed by atoms with Gasteiger partial charge in [0.15, 0.2) is 0 Å². The molecule has 6 rings (SSSR count). The molecule has 0 N–H and O–H groups in total. The van der Waals surface area contributed by atoms with Crippen LogP contribution in [0.15, 0.2) is 48.7 Å². The molecule has 0 aliphatic rings. The van der Waals surface area contributed by atoms with Gasteiger partial charge in [-0.2, -0.15) is 0 Å². The summed E-state index contributed by atoms with van der Waals surface area (Å²) in [6.45, 7) is 9.27. The van der Waals surface area contributed by atoms with Crippen molar-refractivity contribution in [2.45, 2.75) is 26.6 Å². The smallest absolute Gasteiger partial charge is 0.149 e. The maximum absolute atomic E-state index is 5.10. The zero-order valence-corrected chi connectivity index (χ0v) is 16.9. The number of benzene rings is 2. The van der Waals surface area contributed by atoms with E-state index in [1.807, 2.05) is 12.3 Å². The highest BCUT2D eigenvalue weighted by molar-refractivity contribution is 6.89. The summed E-state index contributed by atoms with van der Waals surface area (Å²) < 4.78 is 4.70. The minimum Gasteiger partial charge on any atom is -0.293 e. The standard InChI is InChI=1S/C22H20N4Si/c1-13-11-15-14-7-5-6-8-17(14)25-19(15)16(12-13)20-23-10-9-18-24-21(27(2,3)4)22(25)26(18)20/h5-12H,1-4H3. The molecule has 2 aromatic carbocycles. The first kappa shape index (κ1) is 15.2. The number of imidazole rings is 1. The number of para-hydroxylation sites is 1. The van der Waals surface area contributed by atoms with Gasteiger partial charge in [-0.25, -0.2) is 9.97 Å². The maximum atomic E-state index is 5.10. The number of hydrogen-bond donors (Lipinski definition) is 0. The molecule has 0 saturated carbocycles. The van der Waals surface area contributed by atoms with Crippen LogP contribution < -0.4 is 5.32 Å². The second-order valence-electron chi connectivity index (χ2n) is 8.56. The first-order valence-electron chi connectivity index (χ1n) is 9.37. The normalized spacial score (nSPS) is 13.2. The third-order valence-corrected chi connectivity index (χ3v) is 7.34. The predicted molar refractivity (Wildman–Crippen MR) is 115 cm³/mol. The molecule has 4 aromatic heterocycles. The van der Waals surface area contributed by atoms with E-state index in [4.69, 9.17) is 9.97 Å². The Labute approximate surface area is 157 Å². The summed E-state index contributed by atoms with van der Waals surface area (Å²) in [7, 11) is -1.66. The van der Waals surface area contributed by atoms with E-state index in [-0.39, 0.29) is 0 Å². The van der Waals surface area contributed by atoms with Crippen molar-refractivity contribution >= 4 is 57.5 Å². The quantitative estimate of drug-likeness (QED) is 0.310. The highest BCUT2D eigenvalue weighted by Crippen LogP contribution is 2.36. The van der Waals surface area contributed by atoms with Gasteiger partial charge in [0.2, 0.25) is 0 Å². The first-order chi connectivity index (χ1) is 12.9. The Balaban J connectivity index is 2.10. The largest absolute Gasteiger partial charge is 0.293 e. The van der Waals surface area contributed by atoms with Gasteiger partial charge in [-0.1, -0.05) is 37.8 Å². The van der Waals surface area contributed by atoms with Crippen LogP contribution in [0.4, 0.5) is 0 Å². The lowest BCUT2D eigenvalue weighted by Gasteiger charge is -2.16. The second kappa shape index (κ2) is 4.67. The molecule has 0 bridgehead atoms. The summed E-state index contributed by atoms with van der Waals surface area (Å²) >= 11 is 0. The van der Waals surface area contributed by atoms with Crippen LogP contribution in [0.2, 0.25) is 19.6 Å². The molecule has 132 valence electrons. The fraction of sp³-hybridized carbons (Fsp3) is 0.182. The molecule has 6 aromatic rings. The van der Waals surface area contributed by atoms with Crippen molar-refractivity contribution < 1.29 is 0 Å². The number of nitrogens with zero attached hydrogens (tertiary/aromatic N) is 4. The molecule has 0 unspecified atom stereocenters. The Hall–Kier alpha value is -2.92. The van der Waals surface area contributed by atoms with Crippen LogP contribution in [0.5, 0.6) is 0 Å². The highest BCUT2D eigenvalue weighted by atomic mass is 28.3. The highest BCUT2D eigenvalue weighted by Gasteiger charge is 2.28. The van der Waals surface area contributed by atoms with Crippen LogP contribution in [0.25, 0.3) is 44.1 Å². The van der Waals surface area contributed by atoms with E-state index < -0.39 is 8.07 Å². The molecule has 4 nitrogen and oxygen atoms in total. The summed E-state index contributed by atoms with van der Waals surface area (Å²) in [6, 6.07) is 15.3. The van der Waals surface area contributed by atoms with Gasteiger partial charge in [-0.15, -0.1) is 0 Å². The first-order valence-corrected chi connectivity index (χ1v) is 12.9. The Kier molecular flexibility index (Phi) is 2.62. The molecule has 0 fully saturated rings. The van der Waals surface area contributed by atoms with Gasteiger partial charge in [0, 0.05) is 22.4 Å². The van der Waals surface area contributed by atoms with Crippen LogP contribution in [0.3, 0.4) is 0 Å². The average molecular weight is 369 g/mol. The van der Waals surface area contributed by atoms with Gasteiger partial charge in [0.05, 0.1) is 16.4 Å². The van der Waals surface area contributed by atoms with Crippen molar-refractivity contribution in [3.8, 4) is 0 Å². The number of rotatable bonds is 1. The van der Waals surface area contributed by atoms with Gasteiger partial charge in [0.1, 0.15) is 25.0 Å². The molecule has 0 atom stereocenters. The van der Waals surface area contributed by atoms with Crippen LogP contribution in [-0.2, 0) is 0 Å². The van der Waals surface area contributed by atoms with E-state index >= 15 is 0 Å². The molecule has 0 aliphatic carbocycles. The lowest BCUT2D eigenvalue weighted by Crippen LogP contribution is -2.40. The molecule has 0 radical (unpaired) electrons. The molecule has 4 heterocycles. The SMILES string of the molecule is Cc1cc2c3ccccc3n3c2c(c1)c1nccc2nc([Si](C)(C)C)c3n21. The van der Waals surface area contributed by atoms with E-state index in [1.54, 1.807) is 0 Å². The van der Waals surface area contributed by atoms with Crippen molar-refractivity contribution in [2.24, 2.45) is 0 Å². The topological polar surface area (TPSA) is 34.6 Å². The third kappa shape index (κ3) is 1.77. The van der Waals surface area contributed by atoms with Gasteiger partial charge >= 0.3 is 0 Å². The summed E-state index contributed by atoms with van der Waals surface area (Å²) in [4.78, 5) is 9.89. The molecule has 0 amide bonds. The summed E-state index contributed by atoms with van der Waals surface area (Å²) in [5.41, 5.74) is 6.95. The van der Waals surface area contributed by atoms with Crippen molar-refractivity contribution in [3.05, 3.63) is 54.2 Å². The van der Waals surface area contributed by atoms with E-state index in [0.29, 0.717) is 0 Å². The minimum atomic E-state index is -1.66. The van der Waals surface area contributed by atoms with Crippen LogP contribution in [0, 0.1) is 6.92 Å². The molecular weight excluding hydrogens is 348 g/mol. The number of fused-ring (bicyclic) bond motifs is 5. The number of aryl methyl sites for hydroxylation is 1. The molecule has 27 heavy (non-hydrogen) atoms. The van der Waals surface area contributed by atoms with Gasteiger partial charge in [-0.3, -0.25) is 8.80 Å². The zero-order chi connectivity index (χ0) is 18.5. The summed E-state index contributed by atoms with van der Waals surface area (Å²) in [6.07, 6.45) is 1.89. The molecule has 0 spiro atoms. The Morgan fingerprint density at radius 2 is 1.67 bits per heavy atom. The molecule has 5 heteroatoms. The summed E-state index contributed by atoms with van der Waals surface area (Å²) in [5, 5.41) is 5.03. The maximum Gasteiger partial charge on any atom is 0.149 e. The third-order valence-electron chi connectivity index (χ3n) is 5.59. The van der Waals surface area contributed by atoms with E-state index in [0.717, 1.165) is 11.3 Å². The second-order valence-corrected chi connectivity index (χ2v) is 13.5. The lowest BCUT2D eigenvalue weighted by molar-refractivity contribution is 1.14. The van der Waals surface area contributed by atoms with Gasteiger partial charge in [0.25, 0.3) is 0 Å². The fourth-order valence-corrected chi connectivity index (χ4v) is 5.86. The van der Waals surface area contributed by atoms with Gasteiger partial charge < -0.3 is 0 Å². The number of aromatic nitrogens is 4. The van der Waals surface area contributed by atoms with Crippen molar-refractivity contribution in [3.63, 3.8) is 0 Å². The molecular formula is C22H20N4Si. The minimum absolute atomic E-state index is 0.991. The fourth-order valence-electron chi connectivity index (χ4n) is 4.51. The van der Waals surface area contributed by atoms with Crippen LogP contribution in [0.1, 0.15) is 5.56 Å². The van der Waals surface area contributed by atoms with E-state index in [9.17, 15) is 0 Å². The van der Waals surface area contributed by atoms with Crippen molar-refractivity contribution in [1.29, 1.82) is 0 Å². The van der Waals surface area contributed by atoms with Crippen LogP contribution >= 0.6 is 0 Å². The van der Waals surface area contributed by atoms with Gasteiger partial charge in [-0.05, 0) is 36.8 Å². The van der Waals surface area contributed by atoms with Crippen molar-refractivity contribution in [2.75, 3.05) is 0 Å².